The van der Waals surface area contributed by atoms with Gasteiger partial charge in [-0.3, -0.25) is 4.79 Å². The first kappa shape index (κ1) is 15.5. The van der Waals surface area contributed by atoms with Gasteiger partial charge in [0.15, 0.2) is 0 Å². The van der Waals surface area contributed by atoms with Crippen molar-refractivity contribution in [2.45, 2.75) is 49.5 Å². The van der Waals surface area contributed by atoms with Crippen molar-refractivity contribution >= 4 is 16.0 Å². The average molecular weight is 323 g/mol. The SMILES string of the molecule is CC1CCC(C(=O)O)CN1S(=O)(=O)c1ccc(C2CC2)cc1. The number of piperidine rings is 1. The lowest BCUT2D eigenvalue weighted by atomic mass is 9.96. The topological polar surface area (TPSA) is 74.7 Å². The molecule has 0 aromatic heterocycles. The molecule has 0 amide bonds. The quantitative estimate of drug-likeness (QED) is 0.923. The van der Waals surface area contributed by atoms with Crippen LogP contribution in [0.1, 0.15) is 44.1 Å². The van der Waals surface area contributed by atoms with Crippen LogP contribution in [0.4, 0.5) is 0 Å². The number of sulfonamides is 1. The molecule has 6 heteroatoms. The lowest BCUT2D eigenvalue weighted by Gasteiger charge is -2.35. The van der Waals surface area contributed by atoms with Gasteiger partial charge in [0.2, 0.25) is 10.0 Å². The Morgan fingerprint density at radius 3 is 2.32 bits per heavy atom. The summed E-state index contributed by atoms with van der Waals surface area (Å²) < 4.78 is 26.9. The molecule has 5 nitrogen and oxygen atoms in total. The van der Waals surface area contributed by atoms with Crippen molar-refractivity contribution in [3.8, 4) is 0 Å². The Bertz CT molecular complexity index is 664. The zero-order valence-electron chi connectivity index (χ0n) is 12.6. The molecule has 0 bridgehead atoms. The molecule has 1 aliphatic carbocycles. The Hall–Kier alpha value is -1.40. The highest BCUT2D eigenvalue weighted by Crippen LogP contribution is 2.40. The van der Waals surface area contributed by atoms with Gasteiger partial charge in [0.25, 0.3) is 0 Å². The number of aliphatic carboxylic acids is 1. The van der Waals surface area contributed by atoms with Crippen molar-refractivity contribution in [3.05, 3.63) is 29.8 Å². The summed E-state index contributed by atoms with van der Waals surface area (Å²) in [6, 6.07) is 6.91. The minimum atomic E-state index is -3.63. The summed E-state index contributed by atoms with van der Waals surface area (Å²) >= 11 is 0. The standard InChI is InChI=1S/C16H21NO4S/c1-11-2-3-14(16(18)19)10-17(11)22(20,21)15-8-6-13(7-9-15)12-4-5-12/h6-9,11-12,14H,2-5,10H2,1H3,(H,18,19). The molecule has 1 aliphatic heterocycles. The van der Waals surface area contributed by atoms with E-state index in [-0.39, 0.29) is 17.5 Å². The van der Waals surface area contributed by atoms with Gasteiger partial charge in [-0.2, -0.15) is 4.31 Å². The highest BCUT2D eigenvalue weighted by atomic mass is 32.2. The predicted molar refractivity (Wildman–Crippen MR) is 82.1 cm³/mol. The van der Waals surface area contributed by atoms with Crippen LogP contribution in [-0.4, -0.2) is 36.4 Å². The fourth-order valence-corrected chi connectivity index (χ4v) is 4.78. The van der Waals surface area contributed by atoms with E-state index in [1.54, 1.807) is 12.1 Å². The molecule has 1 saturated carbocycles. The van der Waals surface area contributed by atoms with Crippen LogP contribution in [0.15, 0.2) is 29.2 Å². The van der Waals surface area contributed by atoms with Crippen molar-refractivity contribution in [1.82, 2.24) is 4.31 Å². The van der Waals surface area contributed by atoms with Crippen LogP contribution in [0.25, 0.3) is 0 Å². The van der Waals surface area contributed by atoms with Crippen molar-refractivity contribution < 1.29 is 18.3 Å². The summed E-state index contributed by atoms with van der Waals surface area (Å²) in [5, 5.41) is 9.16. The number of rotatable bonds is 4. The first-order valence-corrected chi connectivity index (χ1v) is 9.18. The molecule has 2 unspecified atom stereocenters. The lowest BCUT2D eigenvalue weighted by molar-refractivity contribution is -0.143. The van der Waals surface area contributed by atoms with Crippen molar-refractivity contribution in [2.24, 2.45) is 5.92 Å². The second kappa shape index (κ2) is 5.66. The van der Waals surface area contributed by atoms with Gasteiger partial charge in [0.1, 0.15) is 0 Å². The number of benzene rings is 1. The molecule has 120 valence electrons. The Balaban J connectivity index is 1.85. The minimum absolute atomic E-state index is 0.0587. The van der Waals surface area contributed by atoms with Crippen molar-refractivity contribution in [1.29, 1.82) is 0 Å². The van der Waals surface area contributed by atoms with Gasteiger partial charge in [-0.25, -0.2) is 8.42 Å². The molecule has 22 heavy (non-hydrogen) atoms. The van der Waals surface area contributed by atoms with Crippen LogP contribution in [0.5, 0.6) is 0 Å². The van der Waals surface area contributed by atoms with Gasteiger partial charge in [0, 0.05) is 12.6 Å². The van der Waals surface area contributed by atoms with Gasteiger partial charge in [-0.1, -0.05) is 12.1 Å². The first-order chi connectivity index (χ1) is 10.4. The maximum absolute atomic E-state index is 12.8. The Labute approximate surface area is 131 Å². The fourth-order valence-electron chi connectivity index (χ4n) is 3.08. The van der Waals surface area contributed by atoms with Crippen LogP contribution in [0.2, 0.25) is 0 Å². The molecular weight excluding hydrogens is 302 g/mol. The Kier molecular flexibility index (Phi) is 3.99. The van der Waals surface area contributed by atoms with Gasteiger partial charge in [-0.15, -0.1) is 0 Å². The number of hydrogen-bond donors (Lipinski definition) is 1. The summed E-state index contributed by atoms with van der Waals surface area (Å²) in [5.41, 5.74) is 1.19. The summed E-state index contributed by atoms with van der Waals surface area (Å²) in [5.74, 6) is -0.949. The maximum atomic E-state index is 12.8. The number of hydrogen-bond acceptors (Lipinski definition) is 3. The predicted octanol–water partition coefficient (Wildman–Crippen LogP) is 2.44. The van der Waals surface area contributed by atoms with Crippen molar-refractivity contribution in [2.75, 3.05) is 6.54 Å². The molecule has 1 aromatic rings. The molecular formula is C16H21NO4S. The minimum Gasteiger partial charge on any atom is -0.481 e. The van der Waals surface area contributed by atoms with E-state index in [4.69, 9.17) is 5.11 Å². The highest BCUT2D eigenvalue weighted by molar-refractivity contribution is 7.89. The zero-order chi connectivity index (χ0) is 15.9. The van der Waals surface area contributed by atoms with Crippen LogP contribution in [0, 0.1) is 5.92 Å². The van der Waals surface area contributed by atoms with Gasteiger partial charge < -0.3 is 5.11 Å². The van der Waals surface area contributed by atoms with E-state index in [0.717, 1.165) is 0 Å². The normalized spacial score (nSPS) is 26.8. The van der Waals surface area contributed by atoms with E-state index in [1.807, 2.05) is 19.1 Å². The number of carboxylic acid groups (broad SMARTS) is 1. The van der Waals surface area contributed by atoms with E-state index in [9.17, 15) is 13.2 Å². The Morgan fingerprint density at radius 1 is 1.14 bits per heavy atom. The third-order valence-electron chi connectivity index (χ3n) is 4.71. The number of nitrogens with zero attached hydrogens (tertiary/aromatic N) is 1. The fraction of sp³-hybridized carbons (Fsp3) is 0.562. The Morgan fingerprint density at radius 2 is 1.77 bits per heavy atom. The molecule has 3 rings (SSSR count). The lowest BCUT2D eigenvalue weighted by Crippen LogP contribution is -2.47. The van der Waals surface area contributed by atoms with Crippen LogP contribution < -0.4 is 0 Å². The second-order valence-electron chi connectivity index (χ2n) is 6.38. The summed E-state index contributed by atoms with van der Waals surface area (Å²) in [6.07, 6.45) is 3.46. The molecule has 2 aliphatic rings. The van der Waals surface area contributed by atoms with E-state index in [2.05, 4.69) is 0 Å². The van der Waals surface area contributed by atoms with Crippen LogP contribution in [-0.2, 0) is 14.8 Å². The van der Waals surface area contributed by atoms with Gasteiger partial charge in [-0.05, 0) is 56.2 Å². The summed E-state index contributed by atoms with van der Waals surface area (Å²) in [4.78, 5) is 11.4. The van der Waals surface area contributed by atoms with Gasteiger partial charge >= 0.3 is 5.97 Å². The summed E-state index contributed by atoms with van der Waals surface area (Å²) in [7, 11) is -3.63. The molecule has 1 aromatic carbocycles. The van der Waals surface area contributed by atoms with Gasteiger partial charge in [0.05, 0.1) is 10.8 Å². The first-order valence-electron chi connectivity index (χ1n) is 7.74. The third-order valence-corrected chi connectivity index (χ3v) is 6.70. The molecule has 0 spiro atoms. The zero-order valence-corrected chi connectivity index (χ0v) is 13.4. The molecule has 2 fully saturated rings. The largest absolute Gasteiger partial charge is 0.481 e. The molecule has 0 radical (unpaired) electrons. The molecule has 1 N–H and O–H groups in total. The van der Waals surface area contributed by atoms with Crippen molar-refractivity contribution in [3.63, 3.8) is 0 Å². The van der Waals surface area contributed by atoms with Crippen LogP contribution >= 0.6 is 0 Å². The maximum Gasteiger partial charge on any atom is 0.307 e. The molecule has 1 saturated heterocycles. The second-order valence-corrected chi connectivity index (χ2v) is 8.27. The molecule has 2 atom stereocenters. The smallest absolute Gasteiger partial charge is 0.307 e. The van der Waals surface area contributed by atoms with E-state index in [1.165, 1.54) is 22.7 Å². The average Bonchev–Trinajstić information content (AvgIpc) is 3.32. The molecule has 1 heterocycles. The number of carbonyl (C=O) groups is 1. The monoisotopic (exact) mass is 323 g/mol. The third kappa shape index (κ3) is 2.90. The van der Waals surface area contributed by atoms with Crippen LogP contribution in [0.3, 0.4) is 0 Å². The van der Waals surface area contributed by atoms with E-state index in [0.29, 0.717) is 18.8 Å². The highest BCUT2D eigenvalue weighted by Gasteiger charge is 2.37. The number of carboxylic acids is 1. The summed E-state index contributed by atoms with van der Waals surface area (Å²) in [6.45, 7) is 1.90. The van der Waals surface area contributed by atoms with E-state index >= 15 is 0 Å². The van der Waals surface area contributed by atoms with E-state index < -0.39 is 21.9 Å².